The van der Waals surface area contributed by atoms with Crippen LogP contribution in [0.15, 0.2) is 84.9 Å². The van der Waals surface area contributed by atoms with Crippen molar-refractivity contribution in [3.8, 4) is 22.3 Å². The summed E-state index contributed by atoms with van der Waals surface area (Å²) in [4.78, 5) is 0. The third-order valence-electron chi connectivity index (χ3n) is 12.9. The van der Waals surface area contributed by atoms with Crippen molar-refractivity contribution in [2.45, 2.75) is 122 Å². The van der Waals surface area contributed by atoms with Crippen molar-refractivity contribution in [2.75, 3.05) is 0 Å². The quantitative estimate of drug-likeness (QED) is 0.0876. The molecule has 0 fully saturated rings. The zero-order valence-corrected chi connectivity index (χ0v) is 37.1. The molecule has 0 aromatic heterocycles. The van der Waals surface area contributed by atoms with Gasteiger partial charge in [0.2, 0.25) is 0 Å². The Bertz CT molecular complexity index is 1860. The third-order valence-corrected chi connectivity index (χ3v) is 69.0. The van der Waals surface area contributed by atoms with E-state index < -0.39 is 22.6 Å². The Kier molecular flexibility index (Phi) is 11.6. The van der Waals surface area contributed by atoms with E-state index in [1.165, 1.54) is 119 Å². The van der Waals surface area contributed by atoms with Crippen molar-refractivity contribution in [3.63, 3.8) is 0 Å². The summed E-state index contributed by atoms with van der Waals surface area (Å²) in [5, 5.41) is 0. The molecule has 6 rings (SSSR count). The van der Waals surface area contributed by atoms with Crippen LogP contribution in [-0.2, 0) is 17.1 Å². The van der Waals surface area contributed by atoms with E-state index in [4.69, 9.17) is 0 Å². The van der Waals surface area contributed by atoms with E-state index in [1.54, 1.807) is 11.1 Å². The number of unbranched alkanes of at least 4 members (excludes halogenated alkanes) is 6. The summed E-state index contributed by atoms with van der Waals surface area (Å²) in [6.07, 6.45) is 21.6. The van der Waals surface area contributed by atoms with Crippen molar-refractivity contribution in [1.29, 1.82) is 0 Å². The number of hydrogen-bond donors (Lipinski definition) is 0. The molecule has 0 amide bonds. The fraction of sp³-hybridized carbons (Fsp3) is 0.417. The molecule has 0 spiro atoms. The van der Waals surface area contributed by atoms with Crippen molar-refractivity contribution in [1.82, 2.24) is 0 Å². The van der Waals surface area contributed by atoms with Gasteiger partial charge in [0, 0.05) is 0 Å². The summed E-state index contributed by atoms with van der Waals surface area (Å²) in [7, 11) is 0. The van der Waals surface area contributed by atoms with Crippen LogP contribution >= 0.6 is 0 Å². The molecule has 2 aliphatic carbocycles. The first-order valence-electron chi connectivity index (χ1n) is 19.9. The molecule has 0 heterocycles. The van der Waals surface area contributed by atoms with Gasteiger partial charge in [0.1, 0.15) is 0 Å². The average molecular weight is 846 g/mol. The summed E-state index contributed by atoms with van der Waals surface area (Å²) < 4.78 is 7.11. The number of benzene rings is 4. The number of rotatable bonds is 14. The summed E-state index contributed by atoms with van der Waals surface area (Å²) in [5.41, 5.74) is 16.7. The van der Waals surface area contributed by atoms with Gasteiger partial charge in [-0.2, -0.15) is 0 Å². The molecule has 2 heteroatoms. The van der Waals surface area contributed by atoms with Crippen molar-refractivity contribution >= 4 is 17.6 Å². The summed E-state index contributed by atoms with van der Waals surface area (Å²) in [6, 6.07) is 31.6. The predicted octanol–water partition coefficient (Wildman–Crippen LogP) is 15.0. The monoisotopic (exact) mass is 846 g/mol. The zero-order chi connectivity index (χ0) is 35.5. The molecule has 2 aliphatic rings. The van der Waals surface area contributed by atoms with Gasteiger partial charge in [0.05, 0.1) is 0 Å². The van der Waals surface area contributed by atoms with E-state index in [0.29, 0.717) is 7.35 Å². The van der Waals surface area contributed by atoms with Crippen LogP contribution < -0.4 is 0 Å². The molecular weight excluding hydrogens is 783 g/mol. The molecule has 0 saturated carbocycles. The Morgan fingerprint density at radius 3 is 1.38 bits per heavy atom. The van der Waals surface area contributed by atoms with Gasteiger partial charge in [-0.1, -0.05) is 0 Å². The second kappa shape index (κ2) is 15.6. The first-order chi connectivity index (χ1) is 24.1. The van der Waals surface area contributed by atoms with Crippen LogP contribution in [0.25, 0.3) is 34.4 Å². The van der Waals surface area contributed by atoms with E-state index in [-0.39, 0.29) is 0 Å². The van der Waals surface area contributed by atoms with Crippen LogP contribution in [0.4, 0.5) is 0 Å². The molecule has 2 atom stereocenters. The number of aryl methyl sites for hydroxylation is 4. The maximum atomic E-state index is 2.98. The molecule has 4 aromatic rings. The number of fused-ring (bicyclic) bond motifs is 2. The third kappa shape index (κ3) is 6.98. The van der Waals surface area contributed by atoms with Crippen LogP contribution in [0.2, 0.25) is 21.4 Å². The zero-order valence-electron chi connectivity index (χ0n) is 32.5. The molecule has 4 aromatic carbocycles. The maximum absolute atomic E-state index is 4.00. The van der Waals surface area contributed by atoms with Crippen LogP contribution in [0.1, 0.15) is 117 Å². The molecule has 0 radical (unpaired) electrons. The minimum atomic E-state index is -4.00. The Balaban J connectivity index is 1.58. The number of allylic oxidation sites excluding steroid dienone is 2. The Labute approximate surface area is 306 Å². The first kappa shape index (κ1) is 37.2. The fourth-order valence-corrected chi connectivity index (χ4v) is 63.3. The van der Waals surface area contributed by atoms with Gasteiger partial charge in [-0.15, -0.1) is 0 Å². The molecule has 2 unspecified atom stereocenters. The van der Waals surface area contributed by atoms with Crippen LogP contribution in [-0.4, -0.2) is 5.49 Å². The van der Waals surface area contributed by atoms with E-state index in [1.807, 2.05) is 0 Å². The van der Waals surface area contributed by atoms with E-state index in [0.717, 1.165) is 0 Å². The predicted molar refractivity (Wildman–Crippen MR) is 222 cm³/mol. The molecule has 0 nitrogen and oxygen atoms in total. The second-order valence-electron chi connectivity index (χ2n) is 16.8. The summed E-state index contributed by atoms with van der Waals surface area (Å²) in [6.45, 7) is 13.8. The van der Waals surface area contributed by atoms with Gasteiger partial charge < -0.3 is 0 Å². The minimum absolute atomic E-state index is 0.572. The molecule has 0 saturated heterocycles. The van der Waals surface area contributed by atoms with Gasteiger partial charge in [-0.25, -0.2) is 0 Å². The Hall–Kier alpha value is -2.55. The molecule has 50 heavy (non-hydrogen) atoms. The summed E-state index contributed by atoms with van der Waals surface area (Å²) >= 11 is -4.00. The van der Waals surface area contributed by atoms with E-state index in [2.05, 4.69) is 148 Å². The van der Waals surface area contributed by atoms with Crippen LogP contribution in [0, 0.1) is 27.7 Å². The van der Waals surface area contributed by atoms with Crippen LogP contribution in [0.5, 0.6) is 0 Å². The molecule has 0 N–H and O–H groups in total. The SMILES string of the molecule is CCCCCC[Si](CCCCCC)=[Hf]([CH3])([CH3])([CH]1C=Cc2c(-c3cc(C)ccc3C)cccc21)[CH]1C=Cc2c(-c3cc(C)ccc3C)cccc21. The number of hydrogen-bond acceptors (Lipinski definition) is 0. The topological polar surface area (TPSA) is 0 Å². The Morgan fingerprint density at radius 1 is 0.520 bits per heavy atom. The van der Waals surface area contributed by atoms with Gasteiger partial charge in [-0.05, 0) is 0 Å². The second-order valence-corrected chi connectivity index (χ2v) is 62.7. The molecule has 0 aliphatic heterocycles. The Morgan fingerprint density at radius 2 is 0.960 bits per heavy atom. The van der Waals surface area contributed by atoms with Crippen LogP contribution in [0.3, 0.4) is 0 Å². The normalized spacial score (nSPS) is 16.6. The van der Waals surface area contributed by atoms with Gasteiger partial charge in [0.15, 0.2) is 0 Å². The van der Waals surface area contributed by atoms with E-state index >= 15 is 0 Å². The first-order valence-corrected chi connectivity index (χ1v) is 38.5. The van der Waals surface area contributed by atoms with E-state index in [9.17, 15) is 0 Å². The van der Waals surface area contributed by atoms with Crippen molar-refractivity contribution in [3.05, 3.63) is 129 Å². The average Bonchev–Trinajstić information content (AvgIpc) is 3.76. The summed E-state index contributed by atoms with van der Waals surface area (Å²) in [5.74, 6) is 0. The molecule has 262 valence electrons. The van der Waals surface area contributed by atoms with Gasteiger partial charge in [-0.3, -0.25) is 0 Å². The van der Waals surface area contributed by atoms with Gasteiger partial charge >= 0.3 is 308 Å². The molecule has 0 bridgehead atoms. The standard InChI is InChI=1S/2C17H15.C12H26Si.2CH3.Hf/c2*1-12-9-10-13(2)17(11-12)16-8-4-6-14-5-3-7-15(14)16;1-3-5-7-9-11-13-12-10-8-6-4-2;;;/h2*3-11H,1-2H3;3-12H2,1-2H3;2*1H3;. The van der Waals surface area contributed by atoms with Gasteiger partial charge in [0.25, 0.3) is 0 Å². The van der Waals surface area contributed by atoms with Crippen molar-refractivity contribution in [2.24, 2.45) is 0 Å². The molecular formula is C48H62HfSi. The van der Waals surface area contributed by atoms with Crippen molar-refractivity contribution < 1.29 is 17.1 Å². The fourth-order valence-electron chi connectivity index (χ4n) is 9.82.